The number of ketones is 1. The Hall–Kier alpha value is -1.51. The van der Waals surface area contributed by atoms with E-state index in [0.717, 1.165) is 0 Å². The summed E-state index contributed by atoms with van der Waals surface area (Å²) in [4.78, 5) is 12.0. The van der Waals surface area contributed by atoms with Crippen molar-refractivity contribution in [3.05, 3.63) is 63.6 Å². The van der Waals surface area contributed by atoms with Crippen LogP contribution in [0.5, 0.6) is 5.75 Å². The zero-order chi connectivity index (χ0) is 13.8. The molecule has 0 heterocycles. The van der Waals surface area contributed by atoms with Crippen LogP contribution in [-0.4, -0.2) is 10.9 Å². The van der Waals surface area contributed by atoms with Crippen molar-refractivity contribution < 1.29 is 9.90 Å². The number of phenolic OH excluding ortho intramolecular Hbond substituents is 1. The molecule has 98 valence electrons. The van der Waals surface area contributed by atoms with Crippen LogP contribution in [0.25, 0.3) is 0 Å². The van der Waals surface area contributed by atoms with Gasteiger partial charge in [-0.05, 0) is 54.4 Å². The maximum absolute atomic E-state index is 12.0. The fraction of sp³-hybridized carbons (Fsp3) is 0.133. The second-order valence-corrected chi connectivity index (χ2v) is 5.08. The van der Waals surface area contributed by atoms with Crippen LogP contribution in [0.2, 0.25) is 10.0 Å². The van der Waals surface area contributed by atoms with Gasteiger partial charge in [0, 0.05) is 22.0 Å². The molecule has 0 radical (unpaired) electrons. The molecule has 0 aliphatic heterocycles. The molecule has 2 aromatic rings. The van der Waals surface area contributed by atoms with Gasteiger partial charge in [0.25, 0.3) is 0 Å². The third-order valence-electron chi connectivity index (χ3n) is 2.83. The van der Waals surface area contributed by atoms with Crippen LogP contribution in [0.15, 0.2) is 42.5 Å². The maximum Gasteiger partial charge on any atom is 0.163 e. The minimum absolute atomic E-state index is 0.0102. The highest BCUT2D eigenvalue weighted by Crippen LogP contribution is 2.23. The van der Waals surface area contributed by atoms with E-state index >= 15 is 0 Å². The number of aromatic hydroxyl groups is 1. The first-order chi connectivity index (χ1) is 9.06. The summed E-state index contributed by atoms with van der Waals surface area (Å²) in [6.45, 7) is 0. The van der Waals surface area contributed by atoms with Crippen molar-refractivity contribution in [2.45, 2.75) is 12.8 Å². The largest absolute Gasteiger partial charge is 0.508 e. The van der Waals surface area contributed by atoms with Crippen LogP contribution < -0.4 is 0 Å². The Balaban J connectivity index is 2.04. The molecular formula is C15H12Cl2O2. The molecule has 0 bridgehead atoms. The van der Waals surface area contributed by atoms with Gasteiger partial charge in [0.05, 0.1) is 0 Å². The van der Waals surface area contributed by atoms with E-state index in [1.807, 2.05) is 0 Å². The first-order valence-corrected chi connectivity index (χ1v) is 6.58. The highest BCUT2D eigenvalue weighted by atomic mass is 35.5. The van der Waals surface area contributed by atoms with E-state index in [0.29, 0.717) is 34.0 Å². The Kier molecular flexibility index (Phi) is 4.46. The maximum atomic E-state index is 12.0. The lowest BCUT2D eigenvalue weighted by Crippen LogP contribution is -2.01. The van der Waals surface area contributed by atoms with Crippen molar-refractivity contribution in [3.63, 3.8) is 0 Å². The third kappa shape index (κ3) is 3.72. The second kappa shape index (κ2) is 6.09. The summed E-state index contributed by atoms with van der Waals surface area (Å²) in [6, 6.07) is 11.6. The van der Waals surface area contributed by atoms with Gasteiger partial charge in [0.2, 0.25) is 0 Å². The van der Waals surface area contributed by atoms with Gasteiger partial charge in [0.15, 0.2) is 5.78 Å². The van der Waals surface area contributed by atoms with E-state index in [2.05, 4.69) is 0 Å². The van der Waals surface area contributed by atoms with Crippen LogP contribution in [0.1, 0.15) is 22.3 Å². The van der Waals surface area contributed by atoms with E-state index < -0.39 is 0 Å². The predicted molar refractivity (Wildman–Crippen MR) is 77.2 cm³/mol. The molecule has 0 aromatic heterocycles. The Morgan fingerprint density at radius 1 is 1.00 bits per heavy atom. The Morgan fingerprint density at radius 2 is 1.63 bits per heavy atom. The van der Waals surface area contributed by atoms with Crippen molar-refractivity contribution in [3.8, 4) is 5.75 Å². The lowest BCUT2D eigenvalue weighted by atomic mass is 10.0. The average Bonchev–Trinajstić information content (AvgIpc) is 2.40. The summed E-state index contributed by atoms with van der Waals surface area (Å²) in [7, 11) is 0. The molecule has 0 fully saturated rings. The van der Waals surface area contributed by atoms with Crippen molar-refractivity contribution in [2.24, 2.45) is 0 Å². The molecule has 2 nitrogen and oxygen atoms in total. The summed E-state index contributed by atoms with van der Waals surface area (Å²) in [5, 5.41) is 10.8. The molecule has 1 N–H and O–H groups in total. The lowest BCUT2D eigenvalue weighted by Gasteiger charge is -2.05. The molecule has 19 heavy (non-hydrogen) atoms. The molecule has 2 aromatic carbocycles. The van der Waals surface area contributed by atoms with Crippen LogP contribution in [-0.2, 0) is 6.42 Å². The van der Waals surface area contributed by atoms with E-state index in [1.54, 1.807) is 36.4 Å². The molecule has 0 saturated carbocycles. The third-order valence-corrected chi connectivity index (χ3v) is 3.32. The highest BCUT2D eigenvalue weighted by Gasteiger charge is 2.08. The summed E-state index contributed by atoms with van der Waals surface area (Å²) >= 11 is 11.6. The first kappa shape index (κ1) is 13.9. The van der Waals surface area contributed by atoms with Crippen LogP contribution in [0.3, 0.4) is 0 Å². The molecular weight excluding hydrogens is 283 g/mol. The van der Waals surface area contributed by atoms with E-state index in [4.69, 9.17) is 23.2 Å². The molecule has 4 heteroatoms. The smallest absolute Gasteiger partial charge is 0.163 e. The summed E-state index contributed by atoms with van der Waals surface area (Å²) < 4.78 is 0. The first-order valence-electron chi connectivity index (χ1n) is 5.82. The van der Waals surface area contributed by atoms with Gasteiger partial charge in [-0.15, -0.1) is 0 Å². The van der Waals surface area contributed by atoms with Crippen LogP contribution >= 0.6 is 23.2 Å². The summed E-state index contributed by atoms with van der Waals surface area (Å²) in [5.74, 6) is 0.171. The summed E-state index contributed by atoms with van der Waals surface area (Å²) in [5.41, 5.74) is 1.29. The molecule has 0 atom stereocenters. The highest BCUT2D eigenvalue weighted by molar-refractivity contribution is 6.31. The SMILES string of the molecule is O=C(CCc1cc(Cl)ccc1O)c1ccc(Cl)cc1. The second-order valence-electron chi connectivity index (χ2n) is 4.20. The number of rotatable bonds is 4. The Morgan fingerprint density at radius 3 is 2.32 bits per heavy atom. The number of carbonyl (C=O) groups is 1. The number of aryl methyl sites for hydroxylation is 1. The Bertz CT molecular complexity index is 592. The molecule has 0 saturated heterocycles. The monoisotopic (exact) mass is 294 g/mol. The lowest BCUT2D eigenvalue weighted by molar-refractivity contribution is 0.0983. The molecule has 0 aliphatic rings. The quantitative estimate of drug-likeness (QED) is 0.842. The zero-order valence-electron chi connectivity index (χ0n) is 10.1. The van der Waals surface area contributed by atoms with Gasteiger partial charge in [0.1, 0.15) is 5.75 Å². The van der Waals surface area contributed by atoms with Gasteiger partial charge >= 0.3 is 0 Å². The fourth-order valence-electron chi connectivity index (χ4n) is 1.78. The average molecular weight is 295 g/mol. The van der Waals surface area contributed by atoms with Crippen LogP contribution in [0, 0.1) is 0 Å². The topological polar surface area (TPSA) is 37.3 Å². The molecule has 0 aliphatic carbocycles. The van der Waals surface area contributed by atoms with Gasteiger partial charge in [-0.2, -0.15) is 0 Å². The van der Waals surface area contributed by atoms with Crippen LogP contribution in [0.4, 0.5) is 0 Å². The van der Waals surface area contributed by atoms with Crippen molar-refractivity contribution >= 4 is 29.0 Å². The van der Waals surface area contributed by atoms with Gasteiger partial charge in [-0.25, -0.2) is 0 Å². The fourth-order valence-corrected chi connectivity index (χ4v) is 2.10. The summed E-state index contributed by atoms with van der Waals surface area (Å²) in [6.07, 6.45) is 0.767. The standard InChI is InChI=1S/C15H12Cl2O2/c16-12-4-1-10(2-5-12)14(18)7-3-11-9-13(17)6-8-15(11)19/h1-2,4-6,8-9,19H,3,7H2. The molecule has 0 spiro atoms. The minimum Gasteiger partial charge on any atom is -0.508 e. The number of phenols is 1. The van der Waals surface area contributed by atoms with E-state index in [1.165, 1.54) is 6.07 Å². The van der Waals surface area contributed by atoms with Gasteiger partial charge < -0.3 is 5.11 Å². The number of benzene rings is 2. The van der Waals surface area contributed by atoms with Gasteiger partial charge in [-0.3, -0.25) is 4.79 Å². The normalized spacial score (nSPS) is 10.4. The number of hydrogen-bond donors (Lipinski definition) is 1. The van der Waals surface area contributed by atoms with Gasteiger partial charge in [-0.1, -0.05) is 23.2 Å². The van der Waals surface area contributed by atoms with Crippen molar-refractivity contribution in [2.75, 3.05) is 0 Å². The van der Waals surface area contributed by atoms with E-state index in [9.17, 15) is 9.90 Å². The number of halogens is 2. The van der Waals surface area contributed by atoms with Crippen molar-refractivity contribution in [1.29, 1.82) is 0 Å². The number of Topliss-reactive ketones (excluding diaryl/α,β-unsaturated/α-hetero) is 1. The number of carbonyl (C=O) groups excluding carboxylic acids is 1. The molecule has 0 unspecified atom stereocenters. The van der Waals surface area contributed by atoms with Crippen molar-refractivity contribution in [1.82, 2.24) is 0 Å². The predicted octanol–water partition coefficient (Wildman–Crippen LogP) is 4.51. The molecule has 0 amide bonds. The molecule has 2 rings (SSSR count). The minimum atomic E-state index is 0.0102. The Labute approximate surface area is 121 Å². The number of hydrogen-bond acceptors (Lipinski definition) is 2. The zero-order valence-corrected chi connectivity index (χ0v) is 11.6. The van der Waals surface area contributed by atoms with E-state index in [-0.39, 0.29) is 11.5 Å².